The van der Waals surface area contributed by atoms with Crippen LogP contribution in [0.5, 0.6) is 17.2 Å². The summed E-state index contributed by atoms with van der Waals surface area (Å²) in [6, 6.07) is 6.53. The molecule has 0 spiro atoms. The fourth-order valence-electron chi connectivity index (χ4n) is 2.04. The highest BCUT2D eigenvalue weighted by Gasteiger charge is 2.21. The molecule has 9 heteroatoms. The van der Waals surface area contributed by atoms with Crippen LogP contribution in [-0.2, 0) is 9.59 Å². The van der Waals surface area contributed by atoms with Crippen LogP contribution in [0.1, 0.15) is 24.6 Å². The summed E-state index contributed by atoms with van der Waals surface area (Å²) < 4.78 is 15.7. The number of carbonyl (C=O) groups is 2. The number of ether oxygens (including phenoxy) is 3. The van der Waals surface area contributed by atoms with Crippen molar-refractivity contribution >= 4 is 11.8 Å². The highest BCUT2D eigenvalue weighted by Crippen LogP contribution is 2.39. The Bertz CT molecular complexity index is 665. The second kappa shape index (κ2) is 9.63. The molecule has 0 aromatic heterocycles. The molecule has 0 aliphatic carbocycles. The van der Waals surface area contributed by atoms with E-state index in [-0.39, 0.29) is 12.8 Å². The van der Waals surface area contributed by atoms with Crippen molar-refractivity contribution < 1.29 is 23.8 Å². The molecule has 1 aromatic rings. The van der Waals surface area contributed by atoms with E-state index in [4.69, 9.17) is 24.7 Å². The number of hydrogen-bond acceptors (Lipinski definition) is 7. The first-order chi connectivity index (χ1) is 12.0. The average Bonchev–Trinajstić information content (AvgIpc) is 2.60. The minimum atomic E-state index is -0.976. The molecule has 9 nitrogen and oxygen atoms in total. The molecular weight excluding hydrogens is 328 g/mol. The molecule has 1 rings (SSSR count). The van der Waals surface area contributed by atoms with E-state index in [1.54, 1.807) is 24.3 Å². The van der Waals surface area contributed by atoms with Gasteiger partial charge in [-0.2, -0.15) is 10.5 Å². The Morgan fingerprint density at radius 3 is 1.72 bits per heavy atom. The molecule has 0 saturated carbocycles. The Kier molecular flexibility index (Phi) is 7.54. The molecule has 0 fully saturated rings. The molecule has 0 bridgehead atoms. The summed E-state index contributed by atoms with van der Waals surface area (Å²) >= 11 is 0. The molecule has 0 atom stereocenters. The minimum absolute atomic E-state index is 0.325. The summed E-state index contributed by atoms with van der Waals surface area (Å²) in [4.78, 5) is 23.5. The third-order valence-corrected chi connectivity index (χ3v) is 3.11. The second-order valence-corrected chi connectivity index (χ2v) is 4.70. The van der Waals surface area contributed by atoms with Crippen molar-refractivity contribution in [3.63, 3.8) is 0 Å². The molecular formula is C16H18N4O5. The van der Waals surface area contributed by atoms with E-state index in [9.17, 15) is 9.59 Å². The monoisotopic (exact) mass is 346 g/mol. The molecule has 0 aliphatic heterocycles. The van der Waals surface area contributed by atoms with Gasteiger partial charge in [-0.25, -0.2) is 0 Å². The quantitative estimate of drug-likeness (QED) is 0.664. The van der Waals surface area contributed by atoms with Gasteiger partial charge in [0.05, 0.1) is 33.5 Å². The molecule has 25 heavy (non-hydrogen) atoms. The maximum atomic E-state index is 11.8. The summed E-state index contributed by atoms with van der Waals surface area (Å²) in [5, 5.41) is 22.3. The molecule has 0 radical (unpaired) electrons. The summed E-state index contributed by atoms with van der Waals surface area (Å²) in [7, 11) is 4.30. The third kappa shape index (κ3) is 5.29. The van der Waals surface area contributed by atoms with Gasteiger partial charge in [0, 0.05) is 5.56 Å². The van der Waals surface area contributed by atoms with Crippen molar-refractivity contribution in [3.8, 4) is 29.4 Å². The van der Waals surface area contributed by atoms with E-state index in [1.165, 1.54) is 21.3 Å². The third-order valence-electron chi connectivity index (χ3n) is 3.11. The van der Waals surface area contributed by atoms with Gasteiger partial charge in [0.25, 0.3) is 0 Å². The molecule has 0 heterocycles. The van der Waals surface area contributed by atoms with Crippen LogP contribution in [0.25, 0.3) is 0 Å². The van der Waals surface area contributed by atoms with Crippen molar-refractivity contribution in [2.45, 2.75) is 19.0 Å². The Labute approximate surface area is 145 Å². The van der Waals surface area contributed by atoms with Crippen LogP contribution in [0.3, 0.4) is 0 Å². The summed E-state index contributed by atoms with van der Waals surface area (Å²) in [6.07, 6.45) is -1.74. The zero-order chi connectivity index (χ0) is 18.8. The van der Waals surface area contributed by atoms with Crippen LogP contribution < -0.4 is 24.8 Å². The van der Waals surface area contributed by atoms with E-state index >= 15 is 0 Å². The summed E-state index contributed by atoms with van der Waals surface area (Å²) in [6.45, 7) is 0. The van der Waals surface area contributed by atoms with Crippen molar-refractivity contribution in [3.05, 3.63) is 17.7 Å². The standard InChI is InChI=1S/C16H18N4O5/c1-23-11-8-10(9-12(24-2)15(11)25-3)16(19-13(21)4-6-17)20-14(22)5-7-18/h8-9,16H,4-5H2,1-3H3,(H,19,21)(H,20,22). The fraction of sp³-hybridized carbons (Fsp3) is 0.375. The van der Waals surface area contributed by atoms with Crippen LogP contribution in [0.15, 0.2) is 12.1 Å². The van der Waals surface area contributed by atoms with E-state index in [0.717, 1.165) is 0 Å². The molecule has 0 aliphatic rings. The van der Waals surface area contributed by atoms with Gasteiger partial charge in [0.2, 0.25) is 17.6 Å². The smallest absolute Gasteiger partial charge is 0.236 e. The van der Waals surface area contributed by atoms with Crippen molar-refractivity contribution in [1.29, 1.82) is 10.5 Å². The topological polar surface area (TPSA) is 133 Å². The number of carbonyl (C=O) groups excluding carboxylic acids is 2. The molecule has 0 unspecified atom stereocenters. The number of nitrogens with zero attached hydrogens (tertiary/aromatic N) is 2. The average molecular weight is 346 g/mol. The van der Waals surface area contributed by atoms with Crippen molar-refractivity contribution in [1.82, 2.24) is 10.6 Å². The molecule has 132 valence electrons. The van der Waals surface area contributed by atoms with E-state index in [1.807, 2.05) is 0 Å². The zero-order valence-electron chi connectivity index (χ0n) is 14.1. The Hall–Kier alpha value is -3.46. The lowest BCUT2D eigenvalue weighted by Crippen LogP contribution is -2.40. The number of nitrogens with one attached hydrogen (secondary N) is 2. The number of nitriles is 2. The summed E-state index contributed by atoms with van der Waals surface area (Å²) in [5.74, 6) is -0.173. The molecule has 2 N–H and O–H groups in total. The normalized spacial score (nSPS) is 9.52. The van der Waals surface area contributed by atoms with Gasteiger partial charge >= 0.3 is 0 Å². The van der Waals surface area contributed by atoms with Gasteiger partial charge < -0.3 is 24.8 Å². The van der Waals surface area contributed by atoms with Gasteiger partial charge in [0.15, 0.2) is 11.5 Å². The van der Waals surface area contributed by atoms with Gasteiger partial charge in [-0.1, -0.05) is 0 Å². The van der Waals surface area contributed by atoms with E-state index < -0.39 is 18.0 Å². The second-order valence-electron chi connectivity index (χ2n) is 4.70. The minimum Gasteiger partial charge on any atom is -0.493 e. The van der Waals surface area contributed by atoms with Gasteiger partial charge in [0.1, 0.15) is 19.0 Å². The van der Waals surface area contributed by atoms with Gasteiger partial charge in [-0.05, 0) is 12.1 Å². The lowest BCUT2D eigenvalue weighted by Gasteiger charge is -2.22. The van der Waals surface area contributed by atoms with Crippen LogP contribution in [0.4, 0.5) is 0 Å². The predicted octanol–water partition coefficient (Wildman–Crippen LogP) is 0.771. The lowest BCUT2D eigenvalue weighted by atomic mass is 10.1. The largest absolute Gasteiger partial charge is 0.493 e. The first kappa shape index (κ1) is 19.6. The number of rotatable bonds is 8. The maximum absolute atomic E-state index is 11.8. The fourth-order valence-corrected chi connectivity index (χ4v) is 2.04. The number of hydrogen-bond donors (Lipinski definition) is 2. The SMILES string of the molecule is COc1cc(C(NC(=O)CC#N)NC(=O)CC#N)cc(OC)c1OC. The van der Waals surface area contributed by atoms with Crippen LogP contribution in [-0.4, -0.2) is 33.1 Å². The summed E-state index contributed by atoms with van der Waals surface area (Å²) in [5.41, 5.74) is 0.423. The predicted molar refractivity (Wildman–Crippen MR) is 85.6 cm³/mol. The van der Waals surface area contributed by atoms with Crippen molar-refractivity contribution in [2.24, 2.45) is 0 Å². The van der Waals surface area contributed by atoms with E-state index in [0.29, 0.717) is 22.8 Å². The zero-order valence-corrected chi connectivity index (χ0v) is 14.1. The Balaban J connectivity index is 3.28. The maximum Gasteiger partial charge on any atom is 0.236 e. The van der Waals surface area contributed by atoms with Gasteiger partial charge in [-0.3, -0.25) is 9.59 Å². The Morgan fingerprint density at radius 1 is 0.960 bits per heavy atom. The highest BCUT2D eigenvalue weighted by atomic mass is 16.5. The molecule has 1 aromatic carbocycles. The van der Waals surface area contributed by atoms with Crippen LogP contribution in [0.2, 0.25) is 0 Å². The first-order valence-corrected chi connectivity index (χ1v) is 7.13. The van der Waals surface area contributed by atoms with Crippen LogP contribution in [0, 0.1) is 22.7 Å². The Morgan fingerprint density at radius 2 is 1.40 bits per heavy atom. The van der Waals surface area contributed by atoms with Crippen LogP contribution >= 0.6 is 0 Å². The molecule has 0 saturated heterocycles. The number of benzene rings is 1. The highest BCUT2D eigenvalue weighted by molar-refractivity contribution is 5.81. The molecule has 2 amide bonds. The number of methoxy groups -OCH3 is 3. The van der Waals surface area contributed by atoms with E-state index in [2.05, 4.69) is 10.6 Å². The van der Waals surface area contributed by atoms with Crippen molar-refractivity contribution in [2.75, 3.05) is 21.3 Å². The first-order valence-electron chi connectivity index (χ1n) is 7.13. The van der Waals surface area contributed by atoms with Gasteiger partial charge in [-0.15, -0.1) is 0 Å². The lowest BCUT2D eigenvalue weighted by molar-refractivity contribution is -0.123. The number of amides is 2.